The van der Waals surface area contributed by atoms with E-state index in [1.165, 1.54) is 4.31 Å². The number of anilines is 2. The lowest BCUT2D eigenvalue weighted by Gasteiger charge is -2.25. The fourth-order valence-corrected chi connectivity index (χ4v) is 4.24. The Hall–Kier alpha value is -3.63. The fraction of sp³-hybridized carbons (Fsp3) is 0.200. The van der Waals surface area contributed by atoms with Gasteiger partial charge in [-0.1, -0.05) is 18.2 Å². The number of nitrogens with one attached hydrogen (secondary N) is 1. The van der Waals surface area contributed by atoms with E-state index in [-0.39, 0.29) is 18.2 Å². The molecule has 0 bridgehead atoms. The maximum absolute atomic E-state index is 12.8. The zero-order valence-electron chi connectivity index (χ0n) is 18.3. The van der Waals surface area contributed by atoms with Crippen LogP contribution in [0.3, 0.4) is 0 Å². The molecule has 3 aromatic carbocycles. The molecule has 1 amide bonds. The van der Waals surface area contributed by atoms with Gasteiger partial charge in [-0.3, -0.25) is 9.10 Å². The summed E-state index contributed by atoms with van der Waals surface area (Å²) in [6, 6.07) is 21.1. The number of carbonyl (C=O) groups is 1. The van der Waals surface area contributed by atoms with Gasteiger partial charge >= 0.3 is 0 Å². The molecule has 0 saturated carbocycles. The van der Waals surface area contributed by atoms with Crippen molar-refractivity contribution in [3.05, 3.63) is 94.5 Å². The number of amides is 1. The van der Waals surface area contributed by atoms with Gasteiger partial charge < -0.3 is 5.32 Å². The maximum Gasteiger partial charge on any atom is 0.255 e. The Balaban J connectivity index is 1.77. The monoisotopic (exact) mass is 447 g/mol. The summed E-state index contributed by atoms with van der Waals surface area (Å²) in [4.78, 5) is 12.4. The highest BCUT2D eigenvalue weighted by Gasteiger charge is 2.21. The minimum absolute atomic E-state index is 0.00133. The van der Waals surface area contributed by atoms with Gasteiger partial charge in [0, 0.05) is 11.3 Å². The third kappa shape index (κ3) is 5.34. The van der Waals surface area contributed by atoms with Crippen molar-refractivity contribution in [1.82, 2.24) is 0 Å². The number of aryl methyl sites for hydroxylation is 2. The number of sulfonamides is 1. The Morgan fingerprint density at radius 1 is 0.969 bits per heavy atom. The summed E-state index contributed by atoms with van der Waals surface area (Å²) in [6.07, 6.45) is 0. The van der Waals surface area contributed by atoms with Crippen molar-refractivity contribution >= 4 is 27.3 Å². The molecule has 0 heterocycles. The molecule has 0 saturated heterocycles. The highest BCUT2D eigenvalue weighted by Crippen LogP contribution is 2.25. The van der Waals surface area contributed by atoms with Gasteiger partial charge in [0.05, 0.1) is 29.6 Å². The van der Waals surface area contributed by atoms with Crippen LogP contribution in [0, 0.1) is 25.2 Å². The van der Waals surface area contributed by atoms with Crippen LogP contribution >= 0.6 is 0 Å². The molecular weight excluding hydrogens is 422 g/mol. The molecule has 6 nitrogen and oxygen atoms in total. The van der Waals surface area contributed by atoms with Crippen molar-refractivity contribution in [3.63, 3.8) is 0 Å². The Labute approximate surface area is 189 Å². The SMILES string of the molecule is CCS(=O)(=O)N(Cc1ccc(NC(=O)c2ccc(C#N)cc2)cc1)c1ccc(C)c(C)c1. The highest BCUT2D eigenvalue weighted by atomic mass is 32.2. The van der Waals surface area contributed by atoms with Crippen molar-refractivity contribution in [2.24, 2.45) is 0 Å². The van der Waals surface area contributed by atoms with Gasteiger partial charge in [0.15, 0.2) is 0 Å². The normalized spacial score (nSPS) is 10.9. The Morgan fingerprint density at radius 3 is 2.19 bits per heavy atom. The summed E-state index contributed by atoms with van der Waals surface area (Å²) in [5, 5.41) is 11.7. The number of benzene rings is 3. The Morgan fingerprint density at radius 2 is 1.62 bits per heavy atom. The van der Waals surface area contributed by atoms with Crippen molar-refractivity contribution in [3.8, 4) is 6.07 Å². The molecule has 0 aliphatic heterocycles. The molecule has 0 unspecified atom stereocenters. The van der Waals surface area contributed by atoms with Gasteiger partial charge in [-0.05, 0) is 86.0 Å². The topological polar surface area (TPSA) is 90.3 Å². The van der Waals surface area contributed by atoms with Crippen LogP contribution in [0.2, 0.25) is 0 Å². The highest BCUT2D eigenvalue weighted by molar-refractivity contribution is 7.92. The summed E-state index contributed by atoms with van der Waals surface area (Å²) in [5.74, 6) is -0.286. The summed E-state index contributed by atoms with van der Waals surface area (Å²) in [6.45, 7) is 5.78. The fourth-order valence-electron chi connectivity index (χ4n) is 3.15. The summed E-state index contributed by atoms with van der Waals surface area (Å²) in [5.41, 5.74) is 5.10. The molecule has 0 aliphatic rings. The summed E-state index contributed by atoms with van der Waals surface area (Å²) in [7, 11) is -3.47. The van der Waals surface area contributed by atoms with Gasteiger partial charge in [-0.15, -0.1) is 0 Å². The Kier molecular flexibility index (Phi) is 6.96. The first-order chi connectivity index (χ1) is 15.2. The summed E-state index contributed by atoms with van der Waals surface area (Å²) < 4.78 is 26.9. The van der Waals surface area contributed by atoms with Crippen LogP contribution in [0.5, 0.6) is 0 Å². The van der Waals surface area contributed by atoms with E-state index in [9.17, 15) is 13.2 Å². The first-order valence-corrected chi connectivity index (χ1v) is 11.8. The maximum atomic E-state index is 12.8. The van der Waals surface area contributed by atoms with E-state index >= 15 is 0 Å². The predicted molar refractivity (Wildman–Crippen MR) is 127 cm³/mol. The molecular formula is C25H25N3O3S. The average molecular weight is 448 g/mol. The molecule has 3 aromatic rings. The number of carbonyl (C=O) groups excluding carboxylic acids is 1. The molecule has 0 aliphatic carbocycles. The first-order valence-electron chi connectivity index (χ1n) is 10.2. The van der Waals surface area contributed by atoms with E-state index in [0.29, 0.717) is 22.5 Å². The number of hydrogen-bond donors (Lipinski definition) is 1. The quantitative estimate of drug-likeness (QED) is 0.564. The second kappa shape index (κ2) is 9.67. The number of nitrogens with zero attached hydrogens (tertiary/aromatic N) is 2. The van der Waals surface area contributed by atoms with Crippen LogP contribution in [0.4, 0.5) is 11.4 Å². The first kappa shape index (κ1) is 23.0. The van der Waals surface area contributed by atoms with E-state index in [2.05, 4.69) is 5.32 Å². The van der Waals surface area contributed by atoms with Crippen LogP contribution < -0.4 is 9.62 Å². The summed E-state index contributed by atoms with van der Waals surface area (Å²) >= 11 is 0. The molecule has 3 rings (SSSR count). The molecule has 0 radical (unpaired) electrons. The van der Waals surface area contributed by atoms with Gasteiger partial charge in [-0.2, -0.15) is 5.26 Å². The predicted octanol–water partition coefficient (Wildman–Crippen LogP) is 4.78. The van der Waals surface area contributed by atoms with Crippen LogP contribution in [-0.4, -0.2) is 20.1 Å². The second-order valence-corrected chi connectivity index (χ2v) is 9.70. The molecule has 1 N–H and O–H groups in total. The van der Waals surface area contributed by atoms with Crippen LogP contribution in [-0.2, 0) is 16.6 Å². The molecule has 0 spiro atoms. The van der Waals surface area contributed by atoms with Crippen molar-refractivity contribution in [2.75, 3.05) is 15.4 Å². The van der Waals surface area contributed by atoms with Crippen LogP contribution in [0.25, 0.3) is 0 Å². The lowest BCUT2D eigenvalue weighted by molar-refractivity contribution is 0.102. The number of nitriles is 1. The molecule has 32 heavy (non-hydrogen) atoms. The zero-order chi connectivity index (χ0) is 23.3. The van der Waals surface area contributed by atoms with Crippen LogP contribution in [0.1, 0.15) is 39.5 Å². The minimum Gasteiger partial charge on any atom is -0.322 e. The van der Waals surface area contributed by atoms with Crippen molar-refractivity contribution < 1.29 is 13.2 Å². The third-order valence-electron chi connectivity index (χ3n) is 5.29. The van der Waals surface area contributed by atoms with Crippen LogP contribution in [0.15, 0.2) is 66.7 Å². The smallest absolute Gasteiger partial charge is 0.255 e. The largest absolute Gasteiger partial charge is 0.322 e. The standard InChI is InChI=1S/C25H25N3O3S/c1-4-32(30,31)28(24-14-5-18(2)19(3)15-24)17-21-8-12-23(13-9-21)27-25(29)22-10-6-20(16-26)7-11-22/h5-15H,4,17H2,1-3H3,(H,27,29). The van der Waals surface area contributed by atoms with E-state index in [1.807, 2.05) is 38.1 Å². The average Bonchev–Trinajstić information content (AvgIpc) is 2.80. The lowest BCUT2D eigenvalue weighted by Crippen LogP contribution is -2.32. The molecule has 0 fully saturated rings. The molecule has 7 heteroatoms. The van der Waals surface area contributed by atoms with E-state index < -0.39 is 10.0 Å². The van der Waals surface area contributed by atoms with Gasteiger partial charge in [0.1, 0.15) is 0 Å². The van der Waals surface area contributed by atoms with E-state index in [4.69, 9.17) is 5.26 Å². The minimum atomic E-state index is -3.47. The van der Waals surface area contributed by atoms with Gasteiger partial charge in [0.2, 0.25) is 10.0 Å². The van der Waals surface area contributed by atoms with Crippen molar-refractivity contribution in [1.29, 1.82) is 5.26 Å². The molecule has 0 atom stereocenters. The van der Waals surface area contributed by atoms with Gasteiger partial charge in [0.25, 0.3) is 5.91 Å². The number of hydrogen-bond acceptors (Lipinski definition) is 4. The molecule has 0 aromatic heterocycles. The van der Waals surface area contributed by atoms with E-state index in [1.54, 1.807) is 55.5 Å². The third-order valence-corrected chi connectivity index (χ3v) is 7.03. The second-order valence-electron chi connectivity index (χ2n) is 7.52. The Bertz CT molecular complexity index is 1260. The zero-order valence-corrected chi connectivity index (χ0v) is 19.1. The van der Waals surface area contributed by atoms with Gasteiger partial charge in [-0.25, -0.2) is 8.42 Å². The van der Waals surface area contributed by atoms with E-state index in [0.717, 1.165) is 16.7 Å². The van der Waals surface area contributed by atoms with Crippen molar-refractivity contribution in [2.45, 2.75) is 27.3 Å². The lowest BCUT2D eigenvalue weighted by atomic mass is 10.1. The molecule has 164 valence electrons. The number of rotatable bonds is 7.